The summed E-state index contributed by atoms with van der Waals surface area (Å²) in [7, 11) is 0. The van der Waals surface area contributed by atoms with E-state index in [2.05, 4.69) is 31.2 Å². The highest BCUT2D eigenvalue weighted by Crippen LogP contribution is 2.44. The van der Waals surface area contributed by atoms with Crippen LogP contribution in [0.2, 0.25) is 0 Å². The van der Waals surface area contributed by atoms with Crippen molar-refractivity contribution in [3.63, 3.8) is 0 Å². The zero-order chi connectivity index (χ0) is 22.2. The molecule has 3 aliphatic rings. The van der Waals surface area contributed by atoms with Crippen LogP contribution in [0.3, 0.4) is 0 Å². The first kappa shape index (κ1) is 23.8. The molecule has 0 amide bonds. The lowest BCUT2D eigenvalue weighted by molar-refractivity contribution is -0.176. The minimum absolute atomic E-state index is 0.0196. The Balaban J connectivity index is 1.06. The van der Waals surface area contributed by atoms with Gasteiger partial charge in [0.05, 0.1) is 6.42 Å². The maximum Gasteiger partial charge on any atom is 0.309 e. The number of carbonyl (C=O) groups excluding carboxylic acids is 1. The Bertz CT molecular complexity index is 669. The minimum atomic E-state index is 0.0196. The van der Waals surface area contributed by atoms with Gasteiger partial charge in [-0.2, -0.15) is 0 Å². The average Bonchev–Trinajstić information content (AvgIpc) is 2.81. The Morgan fingerprint density at radius 2 is 1.22 bits per heavy atom. The number of benzene rings is 1. The number of esters is 1. The van der Waals surface area contributed by atoms with Crippen LogP contribution in [-0.2, 0) is 22.4 Å². The molecule has 0 aromatic heterocycles. The second kappa shape index (κ2) is 12.2. The summed E-state index contributed by atoms with van der Waals surface area (Å²) in [5.41, 5.74) is 3.04. The molecule has 2 nitrogen and oxygen atoms in total. The van der Waals surface area contributed by atoms with Crippen molar-refractivity contribution in [2.75, 3.05) is 0 Å². The van der Waals surface area contributed by atoms with Crippen LogP contribution in [0.4, 0.5) is 0 Å². The molecular formula is C30H46O2. The number of cyclic esters (lactones) is 1. The van der Waals surface area contributed by atoms with Crippen LogP contribution in [0.25, 0.3) is 0 Å². The summed E-state index contributed by atoms with van der Waals surface area (Å²) in [6.45, 7) is 2.28. The van der Waals surface area contributed by atoms with Gasteiger partial charge in [-0.05, 0) is 99.0 Å². The Morgan fingerprint density at radius 1 is 0.719 bits per heavy atom. The van der Waals surface area contributed by atoms with Crippen LogP contribution >= 0.6 is 0 Å². The van der Waals surface area contributed by atoms with Gasteiger partial charge in [-0.1, -0.05) is 69.7 Å². The van der Waals surface area contributed by atoms with Gasteiger partial charge >= 0.3 is 5.97 Å². The maximum atomic E-state index is 11.1. The monoisotopic (exact) mass is 438 g/mol. The van der Waals surface area contributed by atoms with Gasteiger partial charge in [0.15, 0.2) is 0 Å². The topological polar surface area (TPSA) is 26.3 Å². The van der Waals surface area contributed by atoms with Crippen molar-refractivity contribution in [2.24, 2.45) is 23.7 Å². The van der Waals surface area contributed by atoms with E-state index in [1.807, 2.05) is 0 Å². The quantitative estimate of drug-likeness (QED) is 0.258. The Morgan fingerprint density at radius 3 is 1.75 bits per heavy atom. The molecule has 4 rings (SSSR count). The second-order valence-electron chi connectivity index (χ2n) is 11.2. The van der Waals surface area contributed by atoms with Gasteiger partial charge in [-0.15, -0.1) is 0 Å². The molecule has 1 atom stereocenters. The Labute approximate surface area is 196 Å². The van der Waals surface area contributed by atoms with E-state index >= 15 is 0 Å². The highest BCUT2D eigenvalue weighted by molar-refractivity contribution is 5.75. The molecule has 1 heterocycles. The fourth-order valence-electron chi connectivity index (χ4n) is 6.74. The molecule has 32 heavy (non-hydrogen) atoms. The smallest absolute Gasteiger partial charge is 0.309 e. The number of ether oxygens (including phenoxy) is 1. The van der Waals surface area contributed by atoms with Crippen LogP contribution in [0.15, 0.2) is 24.3 Å². The predicted octanol–water partition coefficient (Wildman–Crippen LogP) is 8.06. The first-order valence-electron chi connectivity index (χ1n) is 14.0. The lowest BCUT2D eigenvalue weighted by Crippen LogP contribution is -2.41. The molecule has 1 aromatic carbocycles. The third-order valence-corrected chi connectivity index (χ3v) is 8.97. The average molecular weight is 439 g/mol. The van der Waals surface area contributed by atoms with Gasteiger partial charge in [0.25, 0.3) is 0 Å². The molecule has 2 saturated carbocycles. The number of hydrogen-bond donors (Lipinski definition) is 0. The summed E-state index contributed by atoms with van der Waals surface area (Å²) >= 11 is 0. The van der Waals surface area contributed by atoms with Gasteiger partial charge in [0.1, 0.15) is 6.10 Å². The summed E-state index contributed by atoms with van der Waals surface area (Å²) in [5.74, 6) is 3.60. The standard InChI is InChI=1S/C30H46O2/c1-2-3-4-7-23-10-12-24(13-11-23)8-5-6-9-25-14-16-26(17-15-25)27-18-20-28(21-19-27)29-22-30(31)32-29/h10-13,25-29H,2-9,14-22H2,1H3. The molecule has 1 unspecified atom stereocenters. The molecule has 178 valence electrons. The van der Waals surface area contributed by atoms with Gasteiger partial charge in [0.2, 0.25) is 0 Å². The van der Waals surface area contributed by atoms with Crippen molar-refractivity contribution in [3.8, 4) is 0 Å². The highest BCUT2D eigenvalue weighted by atomic mass is 16.6. The third kappa shape index (κ3) is 6.84. The Hall–Kier alpha value is -1.31. The predicted molar refractivity (Wildman–Crippen MR) is 133 cm³/mol. The lowest BCUT2D eigenvalue weighted by atomic mass is 9.67. The normalized spacial score (nSPS) is 30.5. The molecule has 2 aliphatic carbocycles. The van der Waals surface area contributed by atoms with Gasteiger partial charge in [-0.25, -0.2) is 0 Å². The summed E-state index contributed by atoms with van der Waals surface area (Å²) in [6.07, 6.45) is 22.9. The van der Waals surface area contributed by atoms with Gasteiger partial charge < -0.3 is 4.74 Å². The van der Waals surface area contributed by atoms with Crippen LogP contribution < -0.4 is 0 Å². The molecule has 1 aliphatic heterocycles. The number of aryl methyl sites for hydroxylation is 2. The van der Waals surface area contributed by atoms with E-state index in [-0.39, 0.29) is 12.1 Å². The van der Waals surface area contributed by atoms with E-state index in [4.69, 9.17) is 4.74 Å². The summed E-state index contributed by atoms with van der Waals surface area (Å²) < 4.78 is 5.33. The van der Waals surface area contributed by atoms with Crippen molar-refractivity contribution >= 4 is 5.97 Å². The summed E-state index contributed by atoms with van der Waals surface area (Å²) in [6, 6.07) is 9.46. The zero-order valence-electron chi connectivity index (χ0n) is 20.5. The largest absolute Gasteiger partial charge is 0.461 e. The van der Waals surface area contributed by atoms with Crippen LogP contribution in [0, 0.1) is 23.7 Å². The molecule has 0 spiro atoms. The van der Waals surface area contributed by atoms with Crippen molar-refractivity contribution in [3.05, 3.63) is 35.4 Å². The zero-order valence-corrected chi connectivity index (χ0v) is 20.5. The van der Waals surface area contributed by atoms with Crippen LogP contribution in [-0.4, -0.2) is 12.1 Å². The van der Waals surface area contributed by atoms with Crippen LogP contribution in [0.1, 0.15) is 114 Å². The van der Waals surface area contributed by atoms with E-state index in [0.29, 0.717) is 12.3 Å². The molecule has 0 radical (unpaired) electrons. The van der Waals surface area contributed by atoms with Crippen molar-refractivity contribution in [1.82, 2.24) is 0 Å². The number of hydrogen-bond acceptors (Lipinski definition) is 2. The number of carbonyl (C=O) groups is 1. The molecule has 1 aromatic rings. The van der Waals surface area contributed by atoms with E-state index in [9.17, 15) is 4.79 Å². The van der Waals surface area contributed by atoms with Crippen molar-refractivity contribution in [1.29, 1.82) is 0 Å². The molecule has 1 saturated heterocycles. The van der Waals surface area contributed by atoms with E-state index in [0.717, 1.165) is 17.8 Å². The fourth-order valence-corrected chi connectivity index (χ4v) is 6.74. The number of unbranched alkanes of at least 4 members (excludes halogenated alkanes) is 3. The molecule has 0 bridgehead atoms. The summed E-state index contributed by atoms with van der Waals surface area (Å²) in [4.78, 5) is 11.1. The second-order valence-corrected chi connectivity index (χ2v) is 11.2. The van der Waals surface area contributed by atoms with E-state index in [1.165, 1.54) is 114 Å². The minimum Gasteiger partial charge on any atom is -0.461 e. The van der Waals surface area contributed by atoms with Gasteiger partial charge in [0, 0.05) is 0 Å². The molecule has 3 fully saturated rings. The third-order valence-electron chi connectivity index (χ3n) is 8.97. The Kier molecular flexibility index (Phi) is 9.11. The maximum absolute atomic E-state index is 11.1. The lowest BCUT2D eigenvalue weighted by Gasteiger charge is -2.41. The first-order valence-corrected chi connectivity index (χ1v) is 14.0. The molecule has 2 heteroatoms. The first-order chi connectivity index (χ1) is 15.7. The van der Waals surface area contributed by atoms with Crippen molar-refractivity contribution in [2.45, 2.75) is 122 Å². The van der Waals surface area contributed by atoms with E-state index in [1.54, 1.807) is 0 Å². The fraction of sp³-hybridized carbons (Fsp3) is 0.767. The van der Waals surface area contributed by atoms with Crippen LogP contribution in [0.5, 0.6) is 0 Å². The molecule has 0 N–H and O–H groups in total. The SMILES string of the molecule is CCCCCc1ccc(CCCCC2CCC(C3CCC(C4CC(=O)O4)CC3)CC2)cc1. The summed E-state index contributed by atoms with van der Waals surface area (Å²) in [5, 5.41) is 0. The number of rotatable bonds is 11. The van der Waals surface area contributed by atoms with Crippen molar-refractivity contribution < 1.29 is 9.53 Å². The molecular weight excluding hydrogens is 392 g/mol. The van der Waals surface area contributed by atoms with E-state index < -0.39 is 0 Å². The highest BCUT2D eigenvalue weighted by Gasteiger charge is 2.39. The van der Waals surface area contributed by atoms with Gasteiger partial charge in [-0.3, -0.25) is 4.79 Å².